The second-order valence-corrected chi connectivity index (χ2v) is 8.57. The number of sulfone groups is 1. The van der Waals surface area contributed by atoms with Crippen molar-refractivity contribution in [1.82, 2.24) is 14.7 Å². The van der Waals surface area contributed by atoms with Gasteiger partial charge in [0.25, 0.3) is 0 Å². The number of hydrogen-bond donors (Lipinski definition) is 1. The van der Waals surface area contributed by atoms with Crippen LogP contribution in [-0.2, 0) is 15.4 Å². The Morgan fingerprint density at radius 2 is 2.00 bits per heavy atom. The SMILES string of the molecule is CS(=O)(=O)CCC(N)c1nc(C2(n3cccc3)CCCC2)no1. The molecule has 7 nitrogen and oxygen atoms in total. The van der Waals surface area contributed by atoms with Crippen molar-refractivity contribution in [1.29, 1.82) is 0 Å². The third kappa shape index (κ3) is 3.32. The Kier molecular flexibility index (Phi) is 4.29. The molecule has 0 aromatic carbocycles. The predicted molar refractivity (Wildman–Crippen MR) is 85.5 cm³/mol. The van der Waals surface area contributed by atoms with E-state index in [0.717, 1.165) is 25.7 Å². The lowest BCUT2D eigenvalue weighted by molar-refractivity contribution is 0.307. The molecule has 3 rings (SSSR count). The van der Waals surface area contributed by atoms with E-state index in [-0.39, 0.29) is 17.7 Å². The van der Waals surface area contributed by atoms with Crippen LogP contribution < -0.4 is 5.73 Å². The van der Waals surface area contributed by atoms with Gasteiger partial charge in [-0.05, 0) is 31.4 Å². The molecule has 2 heterocycles. The van der Waals surface area contributed by atoms with Crippen LogP contribution in [0.15, 0.2) is 29.0 Å². The number of rotatable bonds is 6. The van der Waals surface area contributed by atoms with Crippen molar-refractivity contribution < 1.29 is 12.9 Å². The number of hydrogen-bond acceptors (Lipinski definition) is 6. The van der Waals surface area contributed by atoms with Gasteiger partial charge in [-0.3, -0.25) is 0 Å². The van der Waals surface area contributed by atoms with E-state index in [9.17, 15) is 8.42 Å². The molecule has 2 N–H and O–H groups in total. The predicted octanol–water partition coefficient (Wildman–Crippen LogP) is 1.62. The van der Waals surface area contributed by atoms with Crippen molar-refractivity contribution in [3.05, 3.63) is 36.2 Å². The lowest BCUT2D eigenvalue weighted by Gasteiger charge is -2.27. The first-order valence-corrected chi connectivity index (χ1v) is 9.88. The molecule has 0 radical (unpaired) electrons. The summed E-state index contributed by atoms with van der Waals surface area (Å²) in [4.78, 5) is 4.50. The van der Waals surface area contributed by atoms with Gasteiger partial charge < -0.3 is 14.8 Å². The highest BCUT2D eigenvalue weighted by atomic mass is 32.2. The molecule has 0 saturated heterocycles. The summed E-state index contributed by atoms with van der Waals surface area (Å²) in [6.07, 6.45) is 9.65. The van der Waals surface area contributed by atoms with Gasteiger partial charge in [-0.15, -0.1) is 0 Å². The van der Waals surface area contributed by atoms with Gasteiger partial charge in [-0.1, -0.05) is 18.0 Å². The van der Waals surface area contributed by atoms with Gasteiger partial charge in [-0.25, -0.2) is 8.42 Å². The Labute approximate surface area is 135 Å². The summed E-state index contributed by atoms with van der Waals surface area (Å²) in [5, 5.41) is 4.16. The zero-order valence-electron chi connectivity index (χ0n) is 13.2. The molecule has 0 bridgehead atoms. The third-order valence-corrected chi connectivity index (χ3v) is 5.48. The van der Waals surface area contributed by atoms with Crippen molar-refractivity contribution in [2.45, 2.75) is 43.7 Å². The van der Waals surface area contributed by atoms with Gasteiger partial charge in [0.05, 0.1) is 11.8 Å². The fourth-order valence-electron chi connectivity index (χ4n) is 3.22. The number of nitrogens with two attached hydrogens (primary N) is 1. The molecule has 0 aliphatic heterocycles. The van der Waals surface area contributed by atoms with E-state index >= 15 is 0 Å². The van der Waals surface area contributed by atoms with Crippen LogP contribution in [0.5, 0.6) is 0 Å². The first kappa shape index (κ1) is 16.2. The van der Waals surface area contributed by atoms with Crippen LogP contribution in [0.3, 0.4) is 0 Å². The minimum absolute atomic E-state index is 0.00855. The van der Waals surface area contributed by atoms with E-state index in [0.29, 0.717) is 11.7 Å². The Hall–Kier alpha value is -1.67. The Morgan fingerprint density at radius 1 is 1.35 bits per heavy atom. The van der Waals surface area contributed by atoms with E-state index in [1.165, 1.54) is 6.26 Å². The largest absolute Gasteiger partial charge is 0.341 e. The summed E-state index contributed by atoms with van der Waals surface area (Å²) in [6.45, 7) is 0. The molecular formula is C15H22N4O3S. The summed E-state index contributed by atoms with van der Waals surface area (Å²) in [5.41, 5.74) is 5.73. The fourth-order valence-corrected chi connectivity index (χ4v) is 3.90. The molecule has 0 amide bonds. The molecule has 8 heteroatoms. The summed E-state index contributed by atoms with van der Waals surface area (Å²) in [7, 11) is -3.06. The molecule has 1 saturated carbocycles. The molecule has 2 aromatic heterocycles. The first-order chi connectivity index (χ1) is 10.9. The van der Waals surface area contributed by atoms with Crippen molar-refractivity contribution in [3.8, 4) is 0 Å². The van der Waals surface area contributed by atoms with Crippen molar-refractivity contribution in [3.63, 3.8) is 0 Å². The number of aromatic nitrogens is 3. The van der Waals surface area contributed by atoms with Crippen molar-refractivity contribution in [2.24, 2.45) is 5.73 Å². The highest BCUT2D eigenvalue weighted by Crippen LogP contribution is 2.41. The van der Waals surface area contributed by atoms with Gasteiger partial charge in [0.1, 0.15) is 15.4 Å². The summed E-state index contributed by atoms with van der Waals surface area (Å²) in [6, 6.07) is 3.41. The second kappa shape index (κ2) is 6.09. The van der Waals surface area contributed by atoms with Gasteiger partial charge in [0, 0.05) is 18.6 Å². The van der Waals surface area contributed by atoms with E-state index in [1.807, 2.05) is 24.5 Å². The zero-order chi connectivity index (χ0) is 16.5. The van der Waals surface area contributed by atoms with Crippen LogP contribution >= 0.6 is 0 Å². The summed E-state index contributed by atoms with van der Waals surface area (Å²) >= 11 is 0. The van der Waals surface area contributed by atoms with Crippen LogP contribution in [0.1, 0.15) is 49.9 Å². The van der Waals surface area contributed by atoms with Crippen LogP contribution in [0.25, 0.3) is 0 Å². The zero-order valence-corrected chi connectivity index (χ0v) is 14.0. The maximum atomic E-state index is 11.3. The molecule has 126 valence electrons. The Balaban J connectivity index is 1.83. The monoisotopic (exact) mass is 338 g/mol. The molecule has 0 spiro atoms. The minimum atomic E-state index is -3.06. The van der Waals surface area contributed by atoms with Crippen LogP contribution in [0, 0.1) is 0 Å². The van der Waals surface area contributed by atoms with Crippen LogP contribution in [0.4, 0.5) is 0 Å². The molecule has 23 heavy (non-hydrogen) atoms. The standard InChI is InChI=1S/C15H22N4O3S/c1-23(20,21)11-6-12(16)13-17-14(18-22-13)15(7-2-3-8-15)19-9-4-5-10-19/h4-5,9-10,12H,2-3,6-8,11,16H2,1H3. The lowest BCUT2D eigenvalue weighted by atomic mass is 9.96. The maximum absolute atomic E-state index is 11.3. The maximum Gasteiger partial charge on any atom is 0.243 e. The topological polar surface area (TPSA) is 104 Å². The van der Waals surface area contributed by atoms with Gasteiger partial charge >= 0.3 is 0 Å². The van der Waals surface area contributed by atoms with Crippen LogP contribution in [0.2, 0.25) is 0 Å². The summed E-state index contributed by atoms with van der Waals surface area (Å²) in [5.74, 6) is 0.951. The minimum Gasteiger partial charge on any atom is -0.341 e. The highest BCUT2D eigenvalue weighted by Gasteiger charge is 2.41. The molecule has 2 aromatic rings. The van der Waals surface area contributed by atoms with Crippen molar-refractivity contribution >= 4 is 9.84 Å². The van der Waals surface area contributed by atoms with Gasteiger partial charge in [0.15, 0.2) is 5.82 Å². The molecular weight excluding hydrogens is 316 g/mol. The van der Waals surface area contributed by atoms with Gasteiger partial charge in [-0.2, -0.15) is 4.98 Å². The quantitative estimate of drug-likeness (QED) is 0.858. The molecule has 1 atom stereocenters. The highest BCUT2D eigenvalue weighted by molar-refractivity contribution is 7.90. The average molecular weight is 338 g/mol. The Morgan fingerprint density at radius 3 is 2.61 bits per heavy atom. The fraction of sp³-hybridized carbons (Fsp3) is 0.600. The Bertz CT molecular complexity index is 746. The van der Waals surface area contributed by atoms with Crippen LogP contribution in [-0.4, -0.2) is 35.1 Å². The van der Waals surface area contributed by atoms with E-state index in [2.05, 4.69) is 14.7 Å². The lowest BCUT2D eigenvalue weighted by Crippen LogP contribution is -2.32. The van der Waals surface area contributed by atoms with Gasteiger partial charge in [0.2, 0.25) is 5.89 Å². The summed E-state index contributed by atoms with van der Waals surface area (Å²) < 4.78 is 30.0. The molecule has 1 unspecified atom stereocenters. The van der Waals surface area contributed by atoms with E-state index in [4.69, 9.17) is 10.3 Å². The second-order valence-electron chi connectivity index (χ2n) is 6.31. The molecule has 1 aliphatic rings. The van der Waals surface area contributed by atoms with E-state index < -0.39 is 15.9 Å². The average Bonchev–Trinajstić information content (AvgIpc) is 3.23. The smallest absolute Gasteiger partial charge is 0.243 e. The molecule has 1 aliphatic carbocycles. The van der Waals surface area contributed by atoms with Crippen molar-refractivity contribution in [2.75, 3.05) is 12.0 Å². The number of nitrogens with zero attached hydrogens (tertiary/aromatic N) is 3. The third-order valence-electron chi connectivity index (χ3n) is 4.50. The van der Waals surface area contributed by atoms with E-state index in [1.54, 1.807) is 0 Å². The molecule has 1 fully saturated rings. The first-order valence-electron chi connectivity index (χ1n) is 7.82. The normalized spacial score (nSPS) is 19.0.